The molecule has 0 saturated heterocycles. The summed E-state index contributed by atoms with van der Waals surface area (Å²) < 4.78 is 4.52. The summed E-state index contributed by atoms with van der Waals surface area (Å²) in [6, 6.07) is 0. The third-order valence-electron chi connectivity index (χ3n) is 1.66. The molecule has 0 aromatic heterocycles. The van der Waals surface area contributed by atoms with Crippen LogP contribution < -0.4 is 0 Å². The maximum absolute atomic E-state index is 10.8. The summed E-state index contributed by atoms with van der Waals surface area (Å²) in [5.74, 6) is -0.269. The fourth-order valence-electron chi connectivity index (χ4n) is 0.921. The van der Waals surface area contributed by atoms with Crippen LogP contribution in [-0.2, 0) is 9.53 Å². The van der Waals surface area contributed by atoms with Gasteiger partial charge in [-0.3, -0.25) is 0 Å². The molecule has 0 fully saturated rings. The number of esters is 1. The van der Waals surface area contributed by atoms with Gasteiger partial charge in [0.25, 0.3) is 0 Å². The first-order chi connectivity index (χ1) is 6.06. The molecular weight excluding hydrogens is 164 g/mol. The molecule has 0 saturated carbocycles. The summed E-state index contributed by atoms with van der Waals surface area (Å²) in [4.78, 5) is 10.8. The van der Waals surface area contributed by atoms with Crippen LogP contribution in [0.2, 0.25) is 0 Å². The van der Waals surface area contributed by atoms with Crippen molar-refractivity contribution in [1.82, 2.24) is 0 Å². The van der Waals surface area contributed by atoms with E-state index in [2.05, 4.69) is 24.7 Å². The molecule has 0 unspecified atom stereocenters. The highest BCUT2D eigenvalue weighted by Gasteiger charge is 1.95. The van der Waals surface area contributed by atoms with Crippen molar-refractivity contribution in [2.24, 2.45) is 0 Å². The minimum absolute atomic E-state index is 0.269. The molecule has 0 aliphatic rings. The lowest BCUT2D eigenvalue weighted by Crippen LogP contribution is -1.95. The van der Waals surface area contributed by atoms with E-state index in [1.165, 1.54) is 12.7 Å². The van der Waals surface area contributed by atoms with E-state index < -0.39 is 0 Å². The van der Waals surface area contributed by atoms with Crippen LogP contribution in [0.25, 0.3) is 0 Å². The van der Waals surface area contributed by atoms with Gasteiger partial charge in [0.1, 0.15) is 0 Å². The Morgan fingerprint density at radius 1 is 1.31 bits per heavy atom. The van der Waals surface area contributed by atoms with Gasteiger partial charge in [0.2, 0.25) is 0 Å². The Morgan fingerprint density at radius 3 is 2.38 bits per heavy atom. The van der Waals surface area contributed by atoms with Gasteiger partial charge in [-0.1, -0.05) is 17.2 Å². The molecule has 2 nitrogen and oxygen atoms in total. The molecule has 0 aromatic carbocycles. The van der Waals surface area contributed by atoms with Gasteiger partial charge in [-0.05, 0) is 33.6 Å². The SMILES string of the molecule is COC(=O)C=C(C)CCC=C(C)C. The van der Waals surface area contributed by atoms with Crippen LogP contribution in [0.3, 0.4) is 0 Å². The van der Waals surface area contributed by atoms with Gasteiger partial charge in [0.15, 0.2) is 0 Å². The van der Waals surface area contributed by atoms with E-state index in [9.17, 15) is 4.79 Å². The first kappa shape index (κ1) is 11.9. The van der Waals surface area contributed by atoms with E-state index in [4.69, 9.17) is 0 Å². The first-order valence-corrected chi connectivity index (χ1v) is 4.44. The van der Waals surface area contributed by atoms with Crippen molar-refractivity contribution in [3.8, 4) is 0 Å². The van der Waals surface area contributed by atoms with Gasteiger partial charge in [0.05, 0.1) is 7.11 Å². The number of hydrogen-bond acceptors (Lipinski definition) is 2. The van der Waals surface area contributed by atoms with Gasteiger partial charge >= 0.3 is 5.97 Å². The van der Waals surface area contributed by atoms with Crippen LogP contribution in [0, 0.1) is 0 Å². The lowest BCUT2D eigenvalue weighted by atomic mass is 10.1. The fourth-order valence-corrected chi connectivity index (χ4v) is 0.921. The summed E-state index contributed by atoms with van der Waals surface area (Å²) in [6.45, 7) is 6.08. The monoisotopic (exact) mass is 182 g/mol. The number of carbonyl (C=O) groups is 1. The van der Waals surface area contributed by atoms with Crippen molar-refractivity contribution < 1.29 is 9.53 Å². The van der Waals surface area contributed by atoms with E-state index >= 15 is 0 Å². The van der Waals surface area contributed by atoms with Gasteiger partial charge in [0, 0.05) is 6.08 Å². The molecule has 0 amide bonds. The Labute approximate surface area is 80.3 Å². The predicted octanol–water partition coefficient (Wildman–Crippen LogP) is 2.85. The molecule has 0 aromatic rings. The van der Waals surface area contributed by atoms with Crippen LogP contribution in [0.15, 0.2) is 23.3 Å². The highest BCUT2D eigenvalue weighted by atomic mass is 16.5. The summed E-state index contributed by atoms with van der Waals surface area (Å²) in [5.41, 5.74) is 2.37. The normalized spacial score (nSPS) is 10.9. The lowest BCUT2D eigenvalue weighted by Gasteiger charge is -1.97. The fraction of sp³-hybridized carbons (Fsp3) is 0.545. The second kappa shape index (κ2) is 6.46. The zero-order valence-electron chi connectivity index (χ0n) is 8.89. The molecule has 0 N–H and O–H groups in total. The van der Waals surface area contributed by atoms with Crippen molar-refractivity contribution in [3.63, 3.8) is 0 Å². The smallest absolute Gasteiger partial charge is 0.330 e. The Hall–Kier alpha value is -1.05. The largest absolute Gasteiger partial charge is 0.466 e. The van der Waals surface area contributed by atoms with Gasteiger partial charge in [-0.15, -0.1) is 0 Å². The van der Waals surface area contributed by atoms with Crippen molar-refractivity contribution in [2.45, 2.75) is 33.6 Å². The average molecular weight is 182 g/mol. The molecule has 0 aliphatic heterocycles. The minimum atomic E-state index is -0.269. The molecule has 74 valence electrons. The number of ether oxygens (including phenoxy) is 1. The summed E-state index contributed by atoms with van der Waals surface area (Å²) in [5, 5.41) is 0. The minimum Gasteiger partial charge on any atom is -0.466 e. The average Bonchev–Trinajstić information content (AvgIpc) is 2.03. The summed E-state index contributed by atoms with van der Waals surface area (Å²) in [6.07, 6.45) is 5.61. The highest BCUT2D eigenvalue weighted by Crippen LogP contribution is 2.06. The van der Waals surface area contributed by atoms with E-state index in [-0.39, 0.29) is 5.97 Å². The van der Waals surface area contributed by atoms with Crippen molar-refractivity contribution in [2.75, 3.05) is 7.11 Å². The topological polar surface area (TPSA) is 26.3 Å². The number of rotatable bonds is 4. The Balaban J connectivity index is 3.87. The maximum Gasteiger partial charge on any atom is 0.330 e. The van der Waals surface area contributed by atoms with Crippen LogP contribution >= 0.6 is 0 Å². The number of allylic oxidation sites excluding steroid dienone is 3. The molecule has 0 spiro atoms. The highest BCUT2D eigenvalue weighted by molar-refractivity contribution is 5.82. The quantitative estimate of drug-likeness (QED) is 0.379. The zero-order valence-corrected chi connectivity index (χ0v) is 8.89. The van der Waals surface area contributed by atoms with E-state index in [0.717, 1.165) is 18.4 Å². The van der Waals surface area contributed by atoms with Crippen LogP contribution in [0.4, 0.5) is 0 Å². The Morgan fingerprint density at radius 2 is 1.92 bits per heavy atom. The molecule has 0 aliphatic carbocycles. The van der Waals surface area contributed by atoms with E-state index in [0.29, 0.717) is 0 Å². The third-order valence-corrected chi connectivity index (χ3v) is 1.66. The molecule has 0 bridgehead atoms. The lowest BCUT2D eigenvalue weighted by molar-refractivity contribution is -0.134. The standard InChI is InChI=1S/C11H18O2/c1-9(2)6-5-7-10(3)8-11(12)13-4/h6,8H,5,7H2,1-4H3. The Kier molecular flexibility index (Phi) is 5.94. The number of carbonyl (C=O) groups excluding carboxylic acids is 1. The summed E-state index contributed by atoms with van der Waals surface area (Å²) >= 11 is 0. The van der Waals surface area contributed by atoms with Crippen LogP contribution in [-0.4, -0.2) is 13.1 Å². The van der Waals surface area contributed by atoms with Gasteiger partial charge in [-0.25, -0.2) is 4.79 Å². The van der Waals surface area contributed by atoms with Crippen molar-refractivity contribution in [3.05, 3.63) is 23.3 Å². The molecule has 0 atom stereocenters. The molecular formula is C11H18O2. The van der Waals surface area contributed by atoms with Crippen LogP contribution in [0.1, 0.15) is 33.6 Å². The van der Waals surface area contributed by atoms with E-state index in [1.54, 1.807) is 6.08 Å². The summed E-state index contributed by atoms with van der Waals surface area (Å²) in [7, 11) is 1.39. The number of hydrogen-bond donors (Lipinski definition) is 0. The molecule has 2 heteroatoms. The number of methoxy groups -OCH3 is 1. The zero-order chi connectivity index (χ0) is 10.3. The van der Waals surface area contributed by atoms with E-state index in [1.807, 2.05) is 6.92 Å². The predicted molar refractivity (Wildman–Crippen MR) is 54.4 cm³/mol. The Bertz CT molecular complexity index is 220. The molecule has 13 heavy (non-hydrogen) atoms. The second-order valence-corrected chi connectivity index (χ2v) is 3.33. The maximum atomic E-state index is 10.8. The van der Waals surface area contributed by atoms with Gasteiger partial charge < -0.3 is 4.74 Å². The van der Waals surface area contributed by atoms with Crippen molar-refractivity contribution >= 4 is 5.97 Å². The molecule has 0 rings (SSSR count). The van der Waals surface area contributed by atoms with Crippen molar-refractivity contribution in [1.29, 1.82) is 0 Å². The molecule has 0 heterocycles. The third kappa shape index (κ3) is 7.32. The first-order valence-electron chi connectivity index (χ1n) is 4.44. The molecule has 0 radical (unpaired) electrons. The van der Waals surface area contributed by atoms with Crippen LogP contribution in [0.5, 0.6) is 0 Å². The van der Waals surface area contributed by atoms with Gasteiger partial charge in [-0.2, -0.15) is 0 Å². The second-order valence-electron chi connectivity index (χ2n) is 3.33.